The molecule has 152 valence electrons. The fourth-order valence-corrected chi connectivity index (χ4v) is 5.29. The van der Waals surface area contributed by atoms with Gasteiger partial charge in [-0.15, -0.1) is 22.7 Å². The number of hydrogen-bond donors (Lipinski definition) is 1. The minimum atomic E-state index is -0.0928. The fraction of sp³-hybridized carbons (Fsp3) is 0.217. The van der Waals surface area contributed by atoms with Gasteiger partial charge in [-0.25, -0.2) is 4.98 Å². The maximum atomic E-state index is 12.8. The van der Waals surface area contributed by atoms with Crippen LogP contribution in [0.25, 0.3) is 10.8 Å². The minimum absolute atomic E-state index is 0.0928. The van der Waals surface area contributed by atoms with Crippen LogP contribution in [0, 0.1) is 6.92 Å². The summed E-state index contributed by atoms with van der Waals surface area (Å²) in [6.45, 7) is 3.68. The van der Waals surface area contributed by atoms with E-state index in [1.54, 1.807) is 11.3 Å². The molecule has 4 aromatic rings. The Morgan fingerprint density at radius 1 is 1.17 bits per heavy atom. The van der Waals surface area contributed by atoms with E-state index in [0.29, 0.717) is 17.3 Å². The number of anilines is 2. The van der Waals surface area contributed by atoms with Crippen LogP contribution in [0.2, 0.25) is 0 Å². The molecular weight excluding hydrogens is 414 g/mol. The van der Waals surface area contributed by atoms with E-state index in [1.165, 1.54) is 10.4 Å². The third kappa shape index (κ3) is 3.78. The Kier molecular flexibility index (Phi) is 5.14. The molecule has 0 unspecified atom stereocenters. The largest absolute Gasteiger partial charge is 0.440 e. The van der Waals surface area contributed by atoms with Gasteiger partial charge in [0.05, 0.1) is 28.4 Å². The van der Waals surface area contributed by atoms with Crippen LogP contribution in [0.5, 0.6) is 0 Å². The van der Waals surface area contributed by atoms with Crippen LogP contribution in [0.15, 0.2) is 57.6 Å². The monoisotopic (exact) mass is 435 g/mol. The molecule has 0 aliphatic carbocycles. The number of para-hydroxylation sites is 2. The fourth-order valence-electron chi connectivity index (χ4n) is 3.75. The minimum Gasteiger partial charge on any atom is -0.440 e. The zero-order valence-corrected chi connectivity index (χ0v) is 18.2. The Bertz CT molecular complexity index is 1180. The average Bonchev–Trinajstić information content (AvgIpc) is 3.49. The van der Waals surface area contributed by atoms with Crippen LogP contribution in [0.4, 0.5) is 11.4 Å². The highest BCUT2D eigenvalue weighted by atomic mass is 32.1. The van der Waals surface area contributed by atoms with E-state index < -0.39 is 0 Å². The number of amides is 1. The van der Waals surface area contributed by atoms with Crippen molar-refractivity contribution in [3.05, 3.63) is 75.1 Å². The Balaban J connectivity index is 1.32. The molecular formula is C23H21N3O2S2. The number of carbonyl (C=O) groups excluding carboxylic acids is 1. The molecule has 5 rings (SSSR count). The van der Waals surface area contributed by atoms with E-state index >= 15 is 0 Å². The van der Waals surface area contributed by atoms with Gasteiger partial charge in [0.25, 0.3) is 0 Å². The van der Waals surface area contributed by atoms with Crippen molar-refractivity contribution in [3.8, 4) is 10.8 Å². The predicted molar refractivity (Wildman–Crippen MR) is 122 cm³/mol. The van der Waals surface area contributed by atoms with Crippen LogP contribution in [0.3, 0.4) is 0 Å². The number of nitrogens with zero attached hydrogens (tertiary/aromatic N) is 2. The first-order chi connectivity index (χ1) is 14.7. The number of oxazole rings is 1. The van der Waals surface area contributed by atoms with Gasteiger partial charge in [0.2, 0.25) is 11.8 Å². The summed E-state index contributed by atoms with van der Waals surface area (Å²) in [7, 11) is 0. The smallest absolute Gasteiger partial charge is 0.236 e. The summed E-state index contributed by atoms with van der Waals surface area (Å²) in [5.41, 5.74) is 3.95. The molecule has 0 atom stereocenters. The van der Waals surface area contributed by atoms with Crippen LogP contribution in [0.1, 0.15) is 21.9 Å². The number of benzene rings is 1. The van der Waals surface area contributed by atoms with Gasteiger partial charge in [0, 0.05) is 18.0 Å². The summed E-state index contributed by atoms with van der Waals surface area (Å²) in [5, 5.41) is 7.23. The Morgan fingerprint density at radius 2 is 2.07 bits per heavy atom. The lowest BCUT2D eigenvalue weighted by Crippen LogP contribution is -2.30. The highest BCUT2D eigenvalue weighted by molar-refractivity contribution is 7.13. The summed E-state index contributed by atoms with van der Waals surface area (Å²) in [5.74, 6) is 1.17. The summed E-state index contributed by atoms with van der Waals surface area (Å²) in [6, 6.07) is 14.1. The lowest BCUT2D eigenvalue weighted by Gasteiger charge is -2.30. The Morgan fingerprint density at radius 3 is 2.93 bits per heavy atom. The SMILES string of the molecule is Cc1oc(-c2cccs2)nc1CC(=O)Nc1ccccc1N1CCc2sccc2C1. The molecule has 1 N–H and O–H groups in total. The normalized spacial score (nSPS) is 13.3. The number of fused-ring (bicyclic) bond motifs is 1. The molecule has 0 saturated heterocycles. The number of aryl methyl sites for hydroxylation is 1. The summed E-state index contributed by atoms with van der Waals surface area (Å²) in [4.78, 5) is 22.1. The molecule has 0 spiro atoms. The molecule has 4 heterocycles. The lowest BCUT2D eigenvalue weighted by atomic mass is 10.1. The van der Waals surface area contributed by atoms with Crippen LogP contribution in [-0.2, 0) is 24.2 Å². The maximum Gasteiger partial charge on any atom is 0.236 e. The van der Waals surface area contributed by atoms with Crippen molar-refractivity contribution in [2.75, 3.05) is 16.8 Å². The Hall–Kier alpha value is -2.90. The second-order valence-corrected chi connectivity index (χ2v) is 9.23. The molecule has 1 aliphatic heterocycles. The molecule has 1 aliphatic rings. The topological polar surface area (TPSA) is 58.4 Å². The molecule has 3 aromatic heterocycles. The van der Waals surface area contributed by atoms with Crippen LogP contribution >= 0.6 is 22.7 Å². The number of aromatic nitrogens is 1. The standard InChI is InChI=1S/C23H21N3O2S2/c1-15-18(25-23(28-15)21-7-4-11-29-21)13-22(27)24-17-5-2-3-6-19(17)26-10-8-20-16(14-26)9-12-30-20/h2-7,9,11-12H,8,10,13-14H2,1H3,(H,24,27). The molecule has 0 bridgehead atoms. The van der Waals surface area contributed by atoms with E-state index in [-0.39, 0.29) is 12.3 Å². The van der Waals surface area contributed by atoms with E-state index in [4.69, 9.17) is 4.42 Å². The number of nitrogens with one attached hydrogen (secondary N) is 1. The number of hydrogen-bond acceptors (Lipinski definition) is 6. The summed E-state index contributed by atoms with van der Waals surface area (Å²) in [6.07, 6.45) is 1.22. The van der Waals surface area contributed by atoms with Gasteiger partial charge in [-0.1, -0.05) is 18.2 Å². The van der Waals surface area contributed by atoms with E-state index in [2.05, 4.69) is 32.7 Å². The second-order valence-electron chi connectivity index (χ2n) is 7.28. The Labute approximate surface area is 183 Å². The van der Waals surface area contributed by atoms with Gasteiger partial charge in [0.15, 0.2) is 0 Å². The van der Waals surface area contributed by atoms with Gasteiger partial charge >= 0.3 is 0 Å². The van der Waals surface area contributed by atoms with Crippen molar-refractivity contribution in [2.45, 2.75) is 26.3 Å². The van der Waals surface area contributed by atoms with Crippen molar-refractivity contribution in [1.82, 2.24) is 4.98 Å². The first kappa shape index (κ1) is 19.1. The van der Waals surface area contributed by atoms with Crippen molar-refractivity contribution < 1.29 is 9.21 Å². The third-order valence-corrected chi connectivity index (χ3v) is 7.16. The molecule has 1 amide bonds. The van der Waals surface area contributed by atoms with Crippen molar-refractivity contribution in [2.24, 2.45) is 0 Å². The zero-order chi connectivity index (χ0) is 20.5. The lowest BCUT2D eigenvalue weighted by molar-refractivity contribution is -0.115. The first-order valence-corrected chi connectivity index (χ1v) is 11.6. The van der Waals surface area contributed by atoms with Crippen molar-refractivity contribution in [3.63, 3.8) is 0 Å². The number of thiophene rings is 2. The maximum absolute atomic E-state index is 12.8. The van der Waals surface area contributed by atoms with Gasteiger partial charge in [-0.05, 0) is 53.9 Å². The summed E-state index contributed by atoms with van der Waals surface area (Å²) < 4.78 is 5.77. The van der Waals surface area contributed by atoms with E-state index in [1.807, 2.05) is 54.0 Å². The first-order valence-electron chi connectivity index (χ1n) is 9.86. The molecule has 0 radical (unpaired) electrons. The van der Waals surface area contributed by atoms with Gasteiger partial charge in [0.1, 0.15) is 5.76 Å². The second kappa shape index (κ2) is 8.08. The summed E-state index contributed by atoms with van der Waals surface area (Å²) >= 11 is 3.40. The molecule has 7 heteroatoms. The molecule has 0 fully saturated rings. The number of carbonyl (C=O) groups is 1. The van der Waals surface area contributed by atoms with E-state index in [9.17, 15) is 4.79 Å². The molecule has 0 saturated carbocycles. The highest BCUT2D eigenvalue weighted by Gasteiger charge is 2.21. The zero-order valence-electron chi connectivity index (χ0n) is 16.6. The predicted octanol–water partition coefficient (Wildman–Crippen LogP) is 5.52. The highest BCUT2D eigenvalue weighted by Crippen LogP contribution is 2.32. The molecule has 30 heavy (non-hydrogen) atoms. The van der Waals surface area contributed by atoms with Gasteiger partial charge in [-0.2, -0.15) is 0 Å². The van der Waals surface area contributed by atoms with Crippen molar-refractivity contribution >= 4 is 40.0 Å². The van der Waals surface area contributed by atoms with E-state index in [0.717, 1.165) is 35.8 Å². The van der Waals surface area contributed by atoms with Gasteiger partial charge < -0.3 is 14.6 Å². The van der Waals surface area contributed by atoms with Crippen LogP contribution < -0.4 is 10.2 Å². The van der Waals surface area contributed by atoms with Crippen molar-refractivity contribution in [1.29, 1.82) is 0 Å². The number of rotatable bonds is 5. The average molecular weight is 436 g/mol. The molecule has 5 nitrogen and oxygen atoms in total. The van der Waals surface area contributed by atoms with Gasteiger partial charge in [-0.3, -0.25) is 4.79 Å². The quantitative estimate of drug-likeness (QED) is 0.449. The molecule has 1 aromatic carbocycles. The third-order valence-electron chi connectivity index (χ3n) is 5.28. The van der Waals surface area contributed by atoms with Crippen LogP contribution in [-0.4, -0.2) is 17.4 Å².